The Bertz CT molecular complexity index is 1030. The van der Waals surface area contributed by atoms with Gasteiger partial charge in [0.05, 0.1) is 11.1 Å². The lowest BCUT2D eigenvalue weighted by molar-refractivity contribution is 0.571. The van der Waals surface area contributed by atoms with Crippen molar-refractivity contribution in [3.63, 3.8) is 0 Å². The molecule has 27 heavy (non-hydrogen) atoms. The van der Waals surface area contributed by atoms with Crippen LogP contribution in [0.15, 0.2) is 10.9 Å². The number of anilines is 1. The molecule has 0 bridgehead atoms. The summed E-state index contributed by atoms with van der Waals surface area (Å²) >= 11 is 1.71. The molecule has 1 N–H and O–H groups in total. The molecule has 0 saturated carbocycles. The maximum Gasteiger partial charge on any atom is 0.263 e. The van der Waals surface area contributed by atoms with Crippen molar-refractivity contribution in [1.82, 2.24) is 19.3 Å². The zero-order valence-corrected chi connectivity index (χ0v) is 17.2. The van der Waals surface area contributed by atoms with Gasteiger partial charge in [0, 0.05) is 30.2 Å². The molecule has 0 atom stereocenters. The number of hydrogen-bond donors (Lipinski definition) is 1. The van der Waals surface area contributed by atoms with Crippen LogP contribution in [0.4, 0.5) is 5.95 Å². The number of aryl methyl sites for hydroxylation is 5. The minimum atomic E-state index is 0.114. The van der Waals surface area contributed by atoms with Crippen molar-refractivity contribution in [3.8, 4) is 0 Å². The van der Waals surface area contributed by atoms with Crippen LogP contribution in [0.25, 0.3) is 10.2 Å². The molecule has 1 aliphatic rings. The van der Waals surface area contributed by atoms with Gasteiger partial charge in [-0.25, -0.2) is 4.98 Å². The first-order valence-electron chi connectivity index (χ1n) is 9.88. The molecule has 0 saturated heterocycles. The minimum absolute atomic E-state index is 0.114. The van der Waals surface area contributed by atoms with E-state index in [4.69, 9.17) is 4.98 Å². The topological polar surface area (TPSA) is 64.7 Å². The Hall–Kier alpha value is -2.15. The van der Waals surface area contributed by atoms with E-state index in [1.807, 2.05) is 18.5 Å². The fourth-order valence-electron chi connectivity index (χ4n) is 4.00. The lowest BCUT2D eigenvalue weighted by Crippen LogP contribution is -2.25. The Morgan fingerprint density at radius 2 is 2.07 bits per heavy atom. The molecule has 0 radical (unpaired) electrons. The third-order valence-electron chi connectivity index (χ3n) is 5.32. The van der Waals surface area contributed by atoms with Gasteiger partial charge in [-0.15, -0.1) is 11.3 Å². The van der Waals surface area contributed by atoms with Crippen LogP contribution in [0.3, 0.4) is 0 Å². The molecule has 3 aromatic rings. The van der Waals surface area contributed by atoms with Crippen molar-refractivity contribution in [2.45, 2.75) is 66.0 Å². The predicted octanol–water partition coefficient (Wildman–Crippen LogP) is 3.67. The second kappa shape index (κ2) is 7.46. The van der Waals surface area contributed by atoms with E-state index in [1.54, 1.807) is 15.9 Å². The van der Waals surface area contributed by atoms with Gasteiger partial charge in [0.1, 0.15) is 4.83 Å². The van der Waals surface area contributed by atoms with Crippen molar-refractivity contribution >= 4 is 27.5 Å². The largest absolute Gasteiger partial charge is 0.355 e. The SMILES string of the molecule is CCn1c(NCCCn2nc(C)cc2C)nc2sc3c(c2c1=O)CCCC3. The highest BCUT2D eigenvalue weighted by Crippen LogP contribution is 2.34. The number of aromatic nitrogens is 4. The molecule has 7 heteroatoms. The van der Waals surface area contributed by atoms with Crippen LogP contribution in [0.1, 0.15) is 48.0 Å². The van der Waals surface area contributed by atoms with Crippen molar-refractivity contribution in [3.05, 3.63) is 38.2 Å². The Balaban J connectivity index is 1.54. The second-order valence-electron chi connectivity index (χ2n) is 7.31. The Morgan fingerprint density at radius 3 is 2.81 bits per heavy atom. The molecule has 0 amide bonds. The second-order valence-corrected chi connectivity index (χ2v) is 8.39. The maximum absolute atomic E-state index is 13.1. The van der Waals surface area contributed by atoms with Crippen molar-refractivity contribution in [2.24, 2.45) is 0 Å². The van der Waals surface area contributed by atoms with Gasteiger partial charge in [0.15, 0.2) is 0 Å². The molecule has 0 spiro atoms. The van der Waals surface area contributed by atoms with Gasteiger partial charge < -0.3 is 5.32 Å². The minimum Gasteiger partial charge on any atom is -0.355 e. The molecule has 0 aliphatic heterocycles. The summed E-state index contributed by atoms with van der Waals surface area (Å²) in [5, 5.41) is 8.76. The lowest BCUT2D eigenvalue weighted by Gasteiger charge is -2.13. The summed E-state index contributed by atoms with van der Waals surface area (Å²) in [6, 6.07) is 2.09. The average Bonchev–Trinajstić information content (AvgIpc) is 3.17. The summed E-state index contributed by atoms with van der Waals surface area (Å²) in [4.78, 5) is 20.2. The van der Waals surface area contributed by atoms with E-state index in [9.17, 15) is 4.79 Å². The first kappa shape index (κ1) is 18.2. The summed E-state index contributed by atoms with van der Waals surface area (Å²) in [7, 11) is 0. The van der Waals surface area contributed by atoms with E-state index in [0.717, 1.165) is 48.3 Å². The summed E-state index contributed by atoms with van der Waals surface area (Å²) in [6.07, 6.45) is 5.44. The third kappa shape index (κ3) is 3.40. The van der Waals surface area contributed by atoms with Crippen LogP contribution >= 0.6 is 11.3 Å². The van der Waals surface area contributed by atoms with Crippen LogP contribution in [0.2, 0.25) is 0 Å². The fourth-order valence-corrected chi connectivity index (χ4v) is 5.25. The van der Waals surface area contributed by atoms with E-state index < -0.39 is 0 Å². The number of nitrogens with one attached hydrogen (secondary N) is 1. The summed E-state index contributed by atoms with van der Waals surface area (Å²) in [5.74, 6) is 0.696. The van der Waals surface area contributed by atoms with E-state index in [0.29, 0.717) is 12.5 Å². The highest BCUT2D eigenvalue weighted by Gasteiger charge is 2.21. The first-order valence-corrected chi connectivity index (χ1v) is 10.7. The summed E-state index contributed by atoms with van der Waals surface area (Å²) in [6.45, 7) is 8.36. The molecule has 4 rings (SSSR count). The summed E-state index contributed by atoms with van der Waals surface area (Å²) < 4.78 is 3.82. The molecule has 144 valence electrons. The summed E-state index contributed by atoms with van der Waals surface area (Å²) in [5.41, 5.74) is 3.61. The van der Waals surface area contributed by atoms with Crippen molar-refractivity contribution in [2.75, 3.05) is 11.9 Å². The zero-order valence-electron chi connectivity index (χ0n) is 16.3. The van der Waals surface area contributed by atoms with Gasteiger partial charge in [0.25, 0.3) is 5.56 Å². The fraction of sp³-hybridized carbons (Fsp3) is 0.550. The molecular formula is C20H27N5OS. The van der Waals surface area contributed by atoms with E-state index >= 15 is 0 Å². The Morgan fingerprint density at radius 1 is 1.26 bits per heavy atom. The molecule has 6 nitrogen and oxygen atoms in total. The van der Waals surface area contributed by atoms with Crippen LogP contribution in [-0.4, -0.2) is 25.9 Å². The van der Waals surface area contributed by atoms with Gasteiger partial charge in [-0.3, -0.25) is 14.0 Å². The molecule has 0 unspecified atom stereocenters. The van der Waals surface area contributed by atoms with E-state index in [2.05, 4.69) is 23.4 Å². The normalized spacial score (nSPS) is 13.9. The highest BCUT2D eigenvalue weighted by atomic mass is 32.1. The number of rotatable bonds is 6. The molecule has 0 fully saturated rings. The standard InChI is InChI=1S/C20H27N5OS/c1-4-24-19(26)17-15-8-5-6-9-16(15)27-18(17)22-20(24)21-10-7-11-25-14(3)12-13(2)23-25/h12H,4-11H2,1-3H3,(H,21,22). The third-order valence-corrected chi connectivity index (χ3v) is 6.51. The van der Waals surface area contributed by atoms with Crippen molar-refractivity contribution in [1.29, 1.82) is 0 Å². The number of nitrogens with zero attached hydrogens (tertiary/aromatic N) is 4. The quantitative estimate of drug-likeness (QED) is 0.658. The van der Waals surface area contributed by atoms with Crippen LogP contribution in [-0.2, 0) is 25.9 Å². The maximum atomic E-state index is 13.1. The molecule has 3 heterocycles. The Labute approximate surface area is 163 Å². The van der Waals surface area contributed by atoms with Gasteiger partial charge in [-0.1, -0.05) is 0 Å². The predicted molar refractivity (Wildman–Crippen MR) is 111 cm³/mol. The molecule has 3 aromatic heterocycles. The van der Waals surface area contributed by atoms with Crippen molar-refractivity contribution < 1.29 is 0 Å². The number of fused-ring (bicyclic) bond motifs is 3. The monoisotopic (exact) mass is 385 g/mol. The van der Waals surface area contributed by atoms with Gasteiger partial charge in [0.2, 0.25) is 5.95 Å². The van der Waals surface area contributed by atoms with Gasteiger partial charge >= 0.3 is 0 Å². The number of thiophene rings is 1. The van der Waals surface area contributed by atoms with Gasteiger partial charge in [-0.2, -0.15) is 5.10 Å². The lowest BCUT2D eigenvalue weighted by atomic mass is 9.97. The average molecular weight is 386 g/mol. The first-order chi connectivity index (χ1) is 13.1. The zero-order chi connectivity index (χ0) is 19.0. The van der Waals surface area contributed by atoms with E-state index in [-0.39, 0.29) is 5.56 Å². The highest BCUT2D eigenvalue weighted by molar-refractivity contribution is 7.18. The van der Waals surface area contributed by atoms with E-state index in [1.165, 1.54) is 29.0 Å². The Kier molecular flexibility index (Phi) is 5.04. The molecular weight excluding hydrogens is 358 g/mol. The molecule has 1 aliphatic carbocycles. The van der Waals surface area contributed by atoms with Crippen LogP contribution < -0.4 is 10.9 Å². The molecule has 0 aromatic carbocycles. The smallest absolute Gasteiger partial charge is 0.263 e. The van der Waals surface area contributed by atoms with Crippen LogP contribution in [0.5, 0.6) is 0 Å². The van der Waals surface area contributed by atoms with Crippen LogP contribution in [0, 0.1) is 13.8 Å². The number of hydrogen-bond acceptors (Lipinski definition) is 5. The van der Waals surface area contributed by atoms with Gasteiger partial charge in [-0.05, 0) is 64.5 Å².